The third kappa shape index (κ3) is 4.49. The highest BCUT2D eigenvalue weighted by atomic mass is 28.3. The average molecular weight is 456 g/mol. The van der Waals surface area contributed by atoms with E-state index in [0.717, 1.165) is 23.0 Å². The first-order valence-electron chi connectivity index (χ1n) is 10.6. The van der Waals surface area contributed by atoms with Crippen LogP contribution in [0.1, 0.15) is 17.0 Å². The standard InChI is InChI=1S/C23H27F2N5OSi/c1-14-11-16-19(12-26-14)27-23(20-17(24)7-6-8-18(20)25)28-21-15(2)29-30(22(16)21)13-31-9-10-32(3,4)5/h6-8,11-12H,9-10,13H2,1-5H3,(H,27,28). The van der Waals surface area contributed by atoms with Crippen molar-refractivity contribution < 1.29 is 13.5 Å². The molecule has 3 aromatic rings. The van der Waals surface area contributed by atoms with Crippen LogP contribution in [0.2, 0.25) is 25.7 Å². The van der Waals surface area contributed by atoms with Gasteiger partial charge in [0.2, 0.25) is 0 Å². The lowest BCUT2D eigenvalue weighted by atomic mass is 10.1. The number of pyridine rings is 1. The molecule has 0 aliphatic carbocycles. The molecule has 1 aliphatic rings. The summed E-state index contributed by atoms with van der Waals surface area (Å²) >= 11 is 0. The molecule has 6 nitrogen and oxygen atoms in total. The molecule has 0 fully saturated rings. The number of aliphatic imine (C=N–C) groups is 1. The molecule has 3 heterocycles. The number of amidine groups is 1. The van der Waals surface area contributed by atoms with Crippen molar-refractivity contribution in [3.05, 3.63) is 59.0 Å². The van der Waals surface area contributed by atoms with Crippen molar-refractivity contribution in [2.75, 3.05) is 11.9 Å². The highest BCUT2D eigenvalue weighted by Crippen LogP contribution is 2.40. The van der Waals surface area contributed by atoms with Crippen LogP contribution < -0.4 is 5.32 Å². The Morgan fingerprint density at radius 2 is 1.84 bits per heavy atom. The Morgan fingerprint density at radius 1 is 1.12 bits per heavy atom. The molecule has 9 heteroatoms. The van der Waals surface area contributed by atoms with Crippen LogP contribution in [0.3, 0.4) is 0 Å². The van der Waals surface area contributed by atoms with E-state index in [0.29, 0.717) is 23.7 Å². The van der Waals surface area contributed by atoms with Gasteiger partial charge in [-0.1, -0.05) is 25.7 Å². The van der Waals surface area contributed by atoms with Gasteiger partial charge in [-0.15, -0.1) is 0 Å². The summed E-state index contributed by atoms with van der Waals surface area (Å²) < 4.78 is 36.9. The van der Waals surface area contributed by atoms with Gasteiger partial charge >= 0.3 is 0 Å². The molecule has 1 aromatic carbocycles. The molecule has 0 saturated carbocycles. The first-order valence-corrected chi connectivity index (χ1v) is 14.3. The van der Waals surface area contributed by atoms with E-state index < -0.39 is 19.7 Å². The highest BCUT2D eigenvalue weighted by Gasteiger charge is 2.27. The van der Waals surface area contributed by atoms with Gasteiger partial charge in [-0.2, -0.15) is 5.10 Å². The summed E-state index contributed by atoms with van der Waals surface area (Å²) in [5, 5.41) is 7.72. The molecule has 0 amide bonds. The summed E-state index contributed by atoms with van der Waals surface area (Å²) in [5.41, 5.74) is 3.92. The van der Waals surface area contributed by atoms with Crippen LogP contribution in [0.25, 0.3) is 11.3 Å². The molecular formula is C23H27F2N5OSi. The molecule has 168 valence electrons. The maximum Gasteiger partial charge on any atom is 0.144 e. The number of nitrogens with one attached hydrogen (secondary N) is 1. The fourth-order valence-electron chi connectivity index (χ4n) is 3.56. The molecular weight excluding hydrogens is 428 g/mol. The van der Waals surface area contributed by atoms with E-state index in [4.69, 9.17) is 4.74 Å². The highest BCUT2D eigenvalue weighted by molar-refractivity contribution is 6.76. The maximum absolute atomic E-state index is 14.6. The number of aryl methyl sites for hydroxylation is 2. The number of hydrogen-bond acceptors (Lipinski definition) is 5. The van der Waals surface area contributed by atoms with Crippen molar-refractivity contribution in [2.24, 2.45) is 4.99 Å². The van der Waals surface area contributed by atoms with Gasteiger partial charge in [0.05, 0.1) is 28.8 Å². The van der Waals surface area contributed by atoms with Crippen molar-refractivity contribution in [3.8, 4) is 11.3 Å². The van der Waals surface area contributed by atoms with Crippen molar-refractivity contribution in [2.45, 2.75) is 46.3 Å². The molecule has 0 unspecified atom stereocenters. The minimum absolute atomic E-state index is 0.0774. The van der Waals surface area contributed by atoms with E-state index in [9.17, 15) is 8.78 Å². The van der Waals surface area contributed by atoms with Crippen molar-refractivity contribution in [1.29, 1.82) is 0 Å². The van der Waals surface area contributed by atoms with Crippen LogP contribution in [0.15, 0.2) is 35.5 Å². The fourth-order valence-corrected chi connectivity index (χ4v) is 4.32. The van der Waals surface area contributed by atoms with E-state index in [1.165, 1.54) is 18.2 Å². The van der Waals surface area contributed by atoms with E-state index in [-0.39, 0.29) is 18.1 Å². The smallest absolute Gasteiger partial charge is 0.144 e. The van der Waals surface area contributed by atoms with Gasteiger partial charge < -0.3 is 10.1 Å². The van der Waals surface area contributed by atoms with Gasteiger partial charge in [-0.05, 0) is 38.1 Å². The number of hydrogen-bond donors (Lipinski definition) is 1. The largest absolute Gasteiger partial charge is 0.360 e. The Morgan fingerprint density at radius 3 is 2.53 bits per heavy atom. The zero-order valence-corrected chi connectivity index (χ0v) is 20.0. The fraction of sp³-hybridized carbons (Fsp3) is 0.348. The second-order valence-electron chi connectivity index (χ2n) is 9.18. The number of aromatic nitrogens is 3. The van der Waals surface area contributed by atoms with Crippen LogP contribution in [-0.2, 0) is 11.5 Å². The first kappa shape index (κ1) is 22.3. The molecule has 2 aromatic heterocycles. The SMILES string of the molecule is Cc1cc2c(cn1)NC(c1c(F)cccc1F)=Nc1c(C)nn(COCC[Si](C)(C)C)c1-2. The Hall–Kier alpha value is -2.91. The van der Waals surface area contributed by atoms with E-state index in [1.807, 2.05) is 19.9 Å². The number of fused-ring (bicyclic) bond motifs is 3. The molecule has 1 aliphatic heterocycles. The Bertz CT molecular complexity index is 1180. The van der Waals surface area contributed by atoms with Crippen molar-refractivity contribution in [3.63, 3.8) is 0 Å². The third-order valence-electron chi connectivity index (χ3n) is 5.28. The van der Waals surface area contributed by atoms with Crippen LogP contribution in [0.4, 0.5) is 20.2 Å². The predicted molar refractivity (Wildman–Crippen MR) is 125 cm³/mol. The second kappa shape index (κ2) is 8.55. The summed E-state index contributed by atoms with van der Waals surface area (Å²) in [6.07, 6.45) is 1.65. The molecule has 32 heavy (non-hydrogen) atoms. The Balaban J connectivity index is 1.81. The van der Waals surface area contributed by atoms with Gasteiger partial charge in [0, 0.05) is 25.9 Å². The number of ether oxygens (including phenoxy) is 1. The molecule has 4 rings (SSSR count). The van der Waals surface area contributed by atoms with Gasteiger partial charge in [-0.3, -0.25) is 4.98 Å². The summed E-state index contributed by atoms with van der Waals surface area (Å²) in [7, 11) is -1.22. The predicted octanol–water partition coefficient (Wildman–Crippen LogP) is 5.66. The lowest BCUT2D eigenvalue weighted by molar-refractivity contribution is 0.0796. The number of anilines is 1. The zero-order chi connectivity index (χ0) is 23.0. The van der Waals surface area contributed by atoms with Gasteiger partial charge in [0.15, 0.2) is 0 Å². The van der Waals surface area contributed by atoms with Gasteiger partial charge in [0.1, 0.15) is 29.9 Å². The van der Waals surface area contributed by atoms with Crippen molar-refractivity contribution >= 4 is 25.3 Å². The van der Waals surface area contributed by atoms with Gasteiger partial charge in [0.25, 0.3) is 0 Å². The minimum atomic E-state index is -1.22. The normalized spacial score (nSPS) is 13.2. The molecule has 0 atom stereocenters. The quantitative estimate of drug-likeness (QED) is 0.385. The number of halogens is 2. The number of rotatable bonds is 6. The topological polar surface area (TPSA) is 64.3 Å². The van der Waals surface area contributed by atoms with Gasteiger partial charge in [-0.25, -0.2) is 18.5 Å². The second-order valence-corrected chi connectivity index (χ2v) is 14.8. The van der Waals surface area contributed by atoms with E-state index >= 15 is 0 Å². The van der Waals surface area contributed by atoms with Crippen LogP contribution in [-0.4, -0.2) is 35.3 Å². The Kier molecular flexibility index (Phi) is 5.96. The maximum atomic E-state index is 14.6. The molecule has 0 radical (unpaired) electrons. The number of benzene rings is 1. The Labute approximate surface area is 187 Å². The number of nitrogens with zero attached hydrogens (tertiary/aromatic N) is 4. The lowest BCUT2D eigenvalue weighted by Crippen LogP contribution is -2.22. The first-order chi connectivity index (χ1) is 15.1. The van der Waals surface area contributed by atoms with Crippen LogP contribution >= 0.6 is 0 Å². The van der Waals surface area contributed by atoms with E-state index in [2.05, 4.69) is 40.0 Å². The summed E-state index contributed by atoms with van der Waals surface area (Å²) in [6, 6.07) is 6.72. The molecule has 0 saturated heterocycles. The third-order valence-corrected chi connectivity index (χ3v) is 6.98. The van der Waals surface area contributed by atoms with Crippen LogP contribution in [0, 0.1) is 25.5 Å². The lowest BCUT2D eigenvalue weighted by Gasteiger charge is -2.16. The van der Waals surface area contributed by atoms with Crippen LogP contribution in [0.5, 0.6) is 0 Å². The molecule has 0 bridgehead atoms. The summed E-state index contributed by atoms with van der Waals surface area (Å²) in [4.78, 5) is 8.99. The molecule has 1 N–H and O–H groups in total. The monoisotopic (exact) mass is 455 g/mol. The summed E-state index contributed by atoms with van der Waals surface area (Å²) in [6.45, 7) is 11.5. The average Bonchev–Trinajstić information content (AvgIpc) is 2.90. The summed E-state index contributed by atoms with van der Waals surface area (Å²) in [5.74, 6) is -1.31. The molecule has 0 spiro atoms. The van der Waals surface area contributed by atoms with Crippen molar-refractivity contribution in [1.82, 2.24) is 14.8 Å². The minimum Gasteiger partial charge on any atom is -0.360 e. The zero-order valence-electron chi connectivity index (χ0n) is 19.0. The van der Waals surface area contributed by atoms with E-state index in [1.54, 1.807) is 10.9 Å².